The number of pyridine rings is 1. The van der Waals surface area contributed by atoms with Gasteiger partial charge in [0.2, 0.25) is 0 Å². The maximum absolute atomic E-state index is 5.48. The van der Waals surface area contributed by atoms with E-state index in [9.17, 15) is 0 Å². The van der Waals surface area contributed by atoms with Crippen molar-refractivity contribution in [2.45, 2.75) is 13.3 Å². The summed E-state index contributed by atoms with van der Waals surface area (Å²) in [6.45, 7) is 2.68. The first-order valence-corrected chi connectivity index (χ1v) is 4.44. The van der Waals surface area contributed by atoms with Crippen molar-refractivity contribution >= 4 is 5.52 Å². The van der Waals surface area contributed by atoms with E-state index in [1.54, 1.807) is 0 Å². The van der Waals surface area contributed by atoms with E-state index in [1.165, 1.54) is 5.56 Å². The van der Waals surface area contributed by atoms with Gasteiger partial charge in [-0.25, -0.2) is 4.52 Å². The first kappa shape index (κ1) is 8.26. The molecule has 0 radical (unpaired) electrons. The van der Waals surface area contributed by atoms with Crippen molar-refractivity contribution in [3.8, 4) is 0 Å². The molecule has 0 aliphatic carbocycles. The van der Waals surface area contributed by atoms with Crippen LogP contribution in [-0.2, 0) is 6.42 Å². The van der Waals surface area contributed by atoms with Crippen LogP contribution in [-0.4, -0.2) is 16.2 Å². The number of aryl methyl sites for hydroxylation is 1. The first-order chi connectivity index (χ1) is 6.29. The number of aromatic nitrogens is 2. The molecule has 0 spiro atoms. The van der Waals surface area contributed by atoms with Gasteiger partial charge in [0.25, 0.3) is 0 Å². The van der Waals surface area contributed by atoms with E-state index in [-0.39, 0.29) is 0 Å². The minimum absolute atomic E-state index is 0.686. The fourth-order valence-electron chi connectivity index (χ4n) is 1.47. The number of nitrogens with zero attached hydrogens (tertiary/aromatic N) is 2. The standard InChI is InChI=1S/C10H13N3/c1-8-6-10-3-2-9(4-5-11)7-13(10)12-8/h2-3,6-7H,4-5,11H2,1H3. The average Bonchev–Trinajstić information content (AvgIpc) is 2.44. The van der Waals surface area contributed by atoms with E-state index in [0.717, 1.165) is 17.6 Å². The average molecular weight is 175 g/mol. The molecule has 0 unspecified atom stereocenters. The zero-order chi connectivity index (χ0) is 9.26. The molecule has 0 aliphatic rings. The highest BCUT2D eigenvalue weighted by atomic mass is 15.2. The number of rotatable bonds is 2. The Morgan fingerprint density at radius 2 is 2.31 bits per heavy atom. The Morgan fingerprint density at radius 3 is 3.08 bits per heavy atom. The summed E-state index contributed by atoms with van der Waals surface area (Å²) >= 11 is 0. The van der Waals surface area contributed by atoms with Gasteiger partial charge >= 0.3 is 0 Å². The predicted molar refractivity (Wildman–Crippen MR) is 52.7 cm³/mol. The van der Waals surface area contributed by atoms with Gasteiger partial charge in [-0.05, 0) is 37.6 Å². The Labute approximate surface area is 77.2 Å². The second kappa shape index (κ2) is 3.18. The van der Waals surface area contributed by atoms with Crippen molar-refractivity contribution in [1.29, 1.82) is 0 Å². The van der Waals surface area contributed by atoms with Crippen LogP contribution < -0.4 is 5.73 Å². The highest BCUT2D eigenvalue weighted by molar-refractivity contribution is 5.47. The minimum atomic E-state index is 0.686. The molecule has 0 bridgehead atoms. The van der Waals surface area contributed by atoms with Crippen LogP contribution in [0.3, 0.4) is 0 Å². The lowest BCUT2D eigenvalue weighted by Crippen LogP contribution is -2.03. The van der Waals surface area contributed by atoms with Gasteiger partial charge < -0.3 is 5.73 Å². The van der Waals surface area contributed by atoms with Gasteiger partial charge in [-0.1, -0.05) is 6.07 Å². The molecule has 2 heterocycles. The van der Waals surface area contributed by atoms with Gasteiger partial charge in [0.05, 0.1) is 11.2 Å². The van der Waals surface area contributed by atoms with Crippen molar-refractivity contribution in [3.63, 3.8) is 0 Å². The fourth-order valence-corrected chi connectivity index (χ4v) is 1.47. The topological polar surface area (TPSA) is 43.3 Å². The third-order valence-electron chi connectivity index (χ3n) is 2.08. The van der Waals surface area contributed by atoms with E-state index in [2.05, 4.69) is 23.3 Å². The molecule has 2 aromatic rings. The third kappa shape index (κ3) is 1.55. The second-order valence-corrected chi connectivity index (χ2v) is 3.23. The maximum Gasteiger partial charge on any atom is 0.0664 e. The number of fused-ring (bicyclic) bond motifs is 1. The molecule has 2 aromatic heterocycles. The summed E-state index contributed by atoms with van der Waals surface area (Å²) in [5.74, 6) is 0. The van der Waals surface area contributed by atoms with E-state index in [1.807, 2.05) is 17.6 Å². The smallest absolute Gasteiger partial charge is 0.0664 e. The number of hydrogen-bond donors (Lipinski definition) is 1. The van der Waals surface area contributed by atoms with Crippen molar-refractivity contribution in [1.82, 2.24) is 9.61 Å². The number of hydrogen-bond acceptors (Lipinski definition) is 2. The Morgan fingerprint density at radius 1 is 1.46 bits per heavy atom. The van der Waals surface area contributed by atoms with Crippen LogP contribution in [0.4, 0.5) is 0 Å². The summed E-state index contributed by atoms with van der Waals surface area (Å²) < 4.78 is 1.90. The molecule has 0 aliphatic heterocycles. The van der Waals surface area contributed by atoms with Gasteiger partial charge in [-0.2, -0.15) is 5.10 Å². The Kier molecular flexibility index (Phi) is 2.02. The summed E-state index contributed by atoms with van der Waals surface area (Å²) in [7, 11) is 0. The molecule has 3 nitrogen and oxygen atoms in total. The molecule has 3 heteroatoms. The Bertz CT molecular complexity index is 417. The molecule has 0 saturated heterocycles. The summed E-state index contributed by atoms with van der Waals surface area (Å²) in [5, 5.41) is 4.33. The molecular weight excluding hydrogens is 162 g/mol. The molecule has 0 saturated carbocycles. The van der Waals surface area contributed by atoms with Crippen LogP contribution in [0.2, 0.25) is 0 Å². The Hall–Kier alpha value is -1.35. The van der Waals surface area contributed by atoms with Crippen molar-refractivity contribution in [2.75, 3.05) is 6.54 Å². The molecule has 68 valence electrons. The fraction of sp³-hybridized carbons (Fsp3) is 0.300. The highest BCUT2D eigenvalue weighted by Gasteiger charge is 1.97. The van der Waals surface area contributed by atoms with E-state index >= 15 is 0 Å². The Balaban J connectivity index is 2.48. The molecule has 13 heavy (non-hydrogen) atoms. The molecule has 2 rings (SSSR count). The molecule has 0 fully saturated rings. The number of nitrogens with two attached hydrogens (primary N) is 1. The maximum atomic E-state index is 5.48. The molecule has 2 N–H and O–H groups in total. The summed E-state index contributed by atoms with van der Waals surface area (Å²) in [5.41, 5.74) is 8.90. The van der Waals surface area contributed by atoms with Gasteiger partial charge in [0.1, 0.15) is 0 Å². The predicted octanol–water partition coefficient (Wildman–Crippen LogP) is 1.14. The zero-order valence-corrected chi connectivity index (χ0v) is 7.70. The molecule has 0 amide bonds. The zero-order valence-electron chi connectivity index (χ0n) is 7.70. The monoisotopic (exact) mass is 175 g/mol. The lowest BCUT2D eigenvalue weighted by molar-refractivity contribution is 0.893. The normalized spacial score (nSPS) is 10.9. The van der Waals surface area contributed by atoms with Crippen LogP contribution in [0.5, 0.6) is 0 Å². The van der Waals surface area contributed by atoms with Crippen LogP contribution in [0, 0.1) is 6.92 Å². The summed E-state index contributed by atoms with van der Waals surface area (Å²) in [6.07, 6.45) is 2.95. The van der Waals surface area contributed by atoms with Crippen LogP contribution in [0.1, 0.15) is 11.3 Å². The largest absolute Gasteiger partial charge is 0.330 e. The quantitative estimate of drug-likeness (QED) is 0.744. The van der Waals surface area contributed by atoms with Crippen LogP contribution in [0.15, 0.2) is 24.4 Å². The lowest BCUT2D eigenvalue weighted by Gasteiger charge is -1.98. The highest BCUT2D eigenvalue weighted by Crippen LogP contribution is 2.08. The molecular formula is C10H13N3. The minimum Gasteiger partial charge on any atom is -0.330 e. The van der Waals surface area contributed by atoms with Crippen LogP contribution in [0.25, 0.3) is 5.52 Å². The van der Waals surface area contributed by atoms with Gasteiger partial charge in [0.15, 0.2) is 0 Å². The van der Waals surface area contributed by atoms with E-state index in [0.29, 0.717) is 6.54 Å². The second-order valence-electron chi connectivity index (χ2n) is 3.23. The molecule has 0 atom stereocenters. The third-order valence-corrected chi connectivity index (χ3v) is 2.08. The summed E-state index contributed by atoms with van der Waals surface area (Å²) in [6, 6.07) is 6.24. The lowest BCUT2D eigenvalue weighted by atomic mass is 10.2. The van der Waals surface area contributed by atoms with E-state index < -0.39 is 0 Å². The van der Waals surface area contributed by atoms with E-state index in [4.69, 9.17) is 5.73 Å². The van der Waals surface area contributed by atoms with Crippen molar-refractivity contribution < 1.29 is 0 Å². The van der Waals surface area contributed by atoms with Gasteiger partial charge in [-0.15, -0.1) is 0 Å². The van der Waals surface area contributed by atoms with Gasteiger partial charge in [-0.3, -0.25) is 0 Å². The first-order valence-electron chi connectivity index (χ1n) is 4.44. The van der Waals surface area contributed by atoms with Crippen molar-refractivity contribution in [2.24, 2.45) is 5.73 Å². The van der Waals surface area contributed by atoms with Crippen molar-refractivity contribution in [3.05, 3.63) is 35.7 Å². The molecule has 0 aromatic carbocycles. The van der Waals surface area contributed by atoms with Crippen LogP contribution >= 0.6 is 0 Å². The summed E-state index contributed by atoms with van der Waals surface area (Å²) in [4.78, 5) is 0. The van der Waals surface area contributed by atoms with Gasteiger partial charge in [0, 0.05) is 6.20 Å². The SMILES string of the molecule is Cc1cc2ccc(CCN)cn2n1.